The molecule has 1 spiro atoms. The van der Waals surface area contributed by atoms with Crippen LogP contribution in [0.4, 0.5) is 11.4 Å². The molecule has 2 aromatic carbocycles. The Hall–Kier alpha value is -3.72. The number of carbonyl (C=O) groups is 2. The van der Waals surface area contributed by atoms with E-state index in [1.165, 1.54) is 7.11 Å². The van der Waals surface area contributed by atoms with Crippen LogP contribution in [0.15, 0.2) is 48.6 Å². The van der Waals surface area contributed by atoms with Gasteiger partial charge >= 0.3 is 0 Å². The minimum absolute atomic E-state index is 0.145. The van der Waals surface area contributed by atoms with Crippen molar-refractivity contribution in [2.45, 2.75) is 11.7 Å². The van der Waals surface area contributed by atoms with E-state index >= 15 is 0 Å². The van der Waals surface area contributed by atoms with E-state index in [0.29, 0.717) is 40.9 Å². The van der Waals surface area contributed by atoms with Crippen molar-refractivity contribution in [1.82, 2.24) is 0 Å². The molecule has 0 aliphatic carbocycles. The van der Waals surface area contributed by atoms with Gasteiger partial charge in [0, 0.05) is 23.5 Å². The van der Waals surface area contributed by atoms with Crippen molar-refractivity contribution in [3.63, 3.8) is 0 Å². The zero-order valence-electron chi connectivity index (χ0n) is 18.1. The summed E-state index contributed by atoms with van der Waals surface area (Å²) in [5.74, 6) is 0.629. The zero-order chi connectivity index (χ0) is 22.7. The number of fused-ring (bicyclic) bond motifs is 2. The minimum atomic E-state index is -0.822. The highest BCUT2D eigenvalue weighted by molar-refractivity contribution is 6.05. The molecule has 33 heavy (non-hydrogen) atoms. The first-order valence-electron chi connectivity index (χ1n) is 10.6. The van der Waals surface area contributed by atoms with Gasteiger partial charge in [-0.2, -0.15) is 0 Å². The SMILES string of the molecule is COc1ccc(NC(=O)C2C3C(=O)N(c4ccc5c(c4)OCO5)CC34C=C[C@H]2O4)cc1OC. The van der Waals surface area contributed by atoms with Crippen LogP contribution in [0.3, 0.4) is 0 Å². The highest BCUT2D eigenvalue weighted by Gasteiger charge is 2.67. The standard InChI is InChI=1S/C24H22N2O7/c1-29-15-5-3-13(9-18(15)30-2)25-22(27)20-17-7-8-24(33-17)11-26(23(28)21(20)24)14-4-6-16-19(10-14)32-12-31-16/h3-10,17,20-21H,11-12H2,1-2H3,(H,25,27)/t17-,20?,21?,24?/m1/s1. The van der Waals surface area contributed by atoms with Crippen molar-refractivity contribution in [2.75, 3.05) is 37.8 Å². The van der Waals surface area contributed by atoms with E-state index in [2.05, 4.69) is 5.32 Å². The van der Waals surface area contributed by atoms with Crippen molar-refractivity contribution in [2.24, 2.45) is 11.8 Å². The molecular formula is C24H22N2O7. The largest absolute Gasteiger partial charge is 0.493 e. The van der Waals surface area contributed by atoms with Crippen molar-refractivity contribution in [3.8, 4) is 23.0 Å². The fourth-order valence-electron chi connectivity index (χ4n) is 5.21. The first-order chi connectivity index (χ1) is 16.0. The van der Waals surface area contributed by atoms with Gasteiger partial charge in [-0.3, -0.25) is 9.59 Å². The van der Waals surface area contributed by atoms with Crippen LogP contribution in [-0.2, 0) is 14.3 Å². The van der Waals surface area contributed by atoms with Gasteiger partial charge < -0.3 is 33.9 Å². The summed E-state index contributed by atoms with van der Waals surface area (Å²) < 4.78 is 27.6. The molecule has 4 heterocycles. The predicted molar refractivity (Wildman–Crippen MR) is 117 cm³/mol. The third kappa shape index (κ3) is 2.88. The van der Waals surface area contributed by atoms with Gasteiger partial charge in [-0.25, -0.2) is 0 Å². The van der Waals surface area contributed by atoms with Gasteiger partial charge in [-0.1, -0.05) is 12.2 Å². The van der Waals surface area contributed by atoms with E-state index in [4.69, 9.17) is 23.7 Å². The number of nitrogens with zero attached hydrogens (tertiary/aromatic N) is 1. The van der Waals surface area contributed by atoms with Crippen LogP contribution in [-0.4, -0.2) is 51.1 Å². The molecule has 9 heteroatoms. The van der Waals surface area contributed by atoms with Crippen LogP contribution in [0.25, 0.3) is 0 Å². The lowest BCUT2D eigenvalue weighted by Gasteiger charge is -2.23. The Bertz CT molecular complexity index is 1200. The second kappa shape index (κ2) is 7.14. The Balaban J connectivity index is 1.27. The molecule has 0 radical (unpaired) electrons. The third-order valence-corrected chi connectivity index (χ3v) is 6.72. The molecule has 2 aromatic rings. The number of benzene rings is 2. The van der Waals surface area contributed by atoms with Crippen LogP contribution >= 0.6 is 0 Å². The molecule has 4 aliphatic rings. The number of ether oxygens (including phenoxy) is 5. The number of anilines is 2. The summed E-state index contributed by atoms with van der Waals surface area (Å²) in [7, 11) is 3.08. The third-order valence-electron chi connectivity index (χ3n) is 6.72. The molecule has 2 fully saturated rings. The van der Waals surface area contributed by atoms with Crippen LogP contribution in [0, 0.1) is 11.8 Å². The molecular weight excluding hydrogens is 428 g/mol. The number of nitrogens with one attached hydrogen (secondary N) is 1. The quantitative estimate of drug-likeness (QED) is 0.699. The maximum Gasteiger partial charge on any atom is 0.234 e. The fourth-order valence-corrected chi connectivity index (χ4v) is 5.21. The van der Waals surface area contributed by atoms with Crippen LogP contribution < -0.4 is 29.2 Å². The van der Waals surface area contributed by atoms with E-state index in [9.17, 15) is 9.59 Å². The van der Waals surface area contributed by atoms with Crippen molar-refractivity contribution >= 4 is 23.2 Å². The number of hydrogen-bond donors (Lipinski definition) is 1. The normalized spacial score (nSPS) is 28.2. The molecule has 2 amide bonds. The van der Waals surface area contributed by atoms with Crippen molar-refractivity contribution in [3.05, 3.63) is 48.6 Å². The van der Waals surface area contributed by atoms with E-state index < -0.39 is 23.5 Å². The van der Waals surface area contributed by atoms with Crippen LogP contribution in [0.1, 0.15) is 0 Å². The van der Waals surface area contributed by atoms with E-state index in [1.807, 2.05) is 18.2 Å². The number of rotatable bonds is 5. The summed E-state index contributed by atoms with van der Waals surface area (Å²) in [5.41, 5.74) is 0.418. The molecule has 9 nitrogen and oxygen atoms in total. The van der Waals surface area contributed by atoms with Crippen molar-refractivity contribution in [1.29, 1.82) is 0 Å². The molecule has 4 aliphatic heterocycles. The summed E-state index contributed by atoms with van der Waals surface area (Å²) in [4.78, 5) is 28.5. The summed E-state index contributed by atoms with van der Waals surface area (Å²) in [6, 6.07) is 10.5. The average molecular weight is 450 g/mol. The molecule has 6 rings (SSSR count). The second-order valence-corrected chi connectivity index (χ2v) is 8.42. The fraction of sp³-hybridized carbons (Fsp3) is 0.333. The van der Waals surface area contributed by atoms with Crippen molar-refractivity contribution < 1.29 is 33.3 Å². The lowest BCUT2D eigenvalue weighted by atomic mass is 9.77. The van der Waals surface area contributed by atoms with Crippen LogP contribution in [0.2, 0.25) is 0 Å². The minimum Gasteiger partial charge on any atom is -0.493 e. The van der Waals surface area contributed by atoms with Gasteiger partial charge in [0.2, 0.25) is 18.6 Å². The number of carbonyl (C=O) groups excluding carboxylic acids is 2. The highest BCUT2D eigenvalue weighted by atomic mass is 16.7. The Morgan fingerprint density at radius 3 is 2.73 bits per heavy atom. The molecule has 2 saturated heterocycles. The summed E-state index contributed by atoms with van der Waals surface area (Å²) in [6.45, 7) is 0.495. The Morgan fingerprint density at radius 1 is 1.09 bits per heavy atom. The molecule has 3 unspecified atom stereocenters. The summed E-state index contributed by atoms with van der Waals surface area (Å²) >= 11 is 0. The second-order valence-electron chi connectivity index (χ2n) is 8.42. The first kappa shape index (κ1) is 19.9. The monoisotopic (exact) mass is 450 g/mol. The highest BCUT2D eigenvalue weighted by Crippen LogP contribution is 2.53. The zero-order valence-corrected chi connectivity index (χ0v) is 18.1. The Kier molecular flexibility index (Phi) is 4.31. The molecule has 0 saturated carbocycles. The Labute approximate surface area is 189 Å². The molecule has 0 aromatic heterocycles. The average Bonchev–Trinajstić information content (AvgIpc) is 3.59. The number of methoxy groups -OCH3 is 2. The lowest BCUT2D eigenvalue weighted by molar-refractivity contribution is -0.128. The van der Waals surface area contributed by atoms with Gasteiger partial charge in [0.15, 0.2) is 23.0 Å². The smallest absolute Gasteiger partial charge is 0.234 e. The predicted octanol–water partition coefficient (Wildman–Crippen LogP) is 2.36. The number of hydrogen-bond acceptors (Lipinski definition) is 7. The van der Waals surface area contributed by atoms with Gasteiger partial charge in [0.1, 0.15) is 5.60 Å². The Morgan fingerprint density at radius 2 is 1.91 bits per heavy atom. The van der Waals surface area contributed by atoms with E-state index in [0.717, 1.165) is 0 Å². The summed E-state index contributed by atoms with van der Waals surface area (Å²) in [6.07, 6.45) is 3.36. The van der Waals surface area contributed by atoms with E-state index in [-0.39, 0.29) is 18.6 Å². The van der Waals surface area contributed by atoms with Gasteiger partial charge in [-0.15, -0.1) is 0 Å². The van der Waals surface area contributed by atoms with Crippen LogP contribution in [0.5, 0.6) is 23.0 Å². The van der Waals surface area contributed by atoms with Gasteiger partial charge in [-0.05, 0) is 24.3 Å². The maximum absolute atomic E-state index is 13.5. The maximum atomic E-state index is 13.5. The first-order valence-corrected chi connectivity index (χ1v) is 10.6. The van der Waals surface area contributed by atoms with E-state index in [1.54, 1.807) is 42.3 Å². The topological polar surface area (TPSA) is 95.6 Å². The summed E-state index contributed by atoms with van der Waals surface area (Å²) in [5, 5.41) is 2.92. The molecule has 4 atom stereocenters. The molecule has 1 N–H and O–H groups in total. The molecule has 2 bridgehead atoms. The number of amides is 2. The van der Waals surface area contributed by atoms with Gasteiger partial charge in [0.05, 0.1) is 38.7 Å². The molecule has 170 valence electrons. The lowest BCUT2D eigenvalue weighted by Crippen LogP contribution is -2.41. The van der Waals surface area contributed by atoms with Gasteiger partial charge in [0.25, 0.3) is 0 Å².